The molecule has 1 N–H and O–H groups in total. The van der Waals surface area contributed by atoms with E-state index in [1.165, 1.54) is 19.1 Å². The maximum atomic E-state index is 12.7. The molecule has 0 aliphatic carbocycles. The lowest BCUT2D eigenvalue weighted by atomic mass is 10.2. The fraction of sp³-hybridized carbons (Fsp3) is 0.263. The van der Waals surface area contributed by atoms with Crippen molar-refractivity contribution in [2.75, 3.05) is 26.2 Å². The molecule has 0 aliphatic rings. The van der Waals surface area contributed by atoms with Crippen LogP contribution in [-0.2, 0) is 4.79 Å². The number of hydrogen-bond donors (Lipinski definition) is 1. The van der Waals surface area contributed by atoms with Crippen molar-refractivity contribution in [3.05, 3.63) is 52.0 Å². The Balaban J connectivity index is 2.14. The van der Waals surface area contributed by atoms with Gasteiger partial charge in [-0.1, -0.05) is 29.3 Å². The van der Waals surface area contributed by atoms with Crippen LogP contribution in [-0.4, -0.2) is 39.1 Å². The second kappa shape index (κ2) is 8.97. The summed E-state index contributed by atoms with van der Waals surface area (Å²) >= 11 is 12.0. The summed E-state index contributed by atoms with van der Waals surface area (Å²) in [5.74, 6) is 0.258. The average Bonchev–Trinajstić information content (AvgIpc) is 2.68. The van der Waals surface area contributed by atoms with Gasteiger partial charge in [-0.05, 0) is 31.2 Å². The van der Waals surface area contributed by atoms with Crippen LogP contribution in [0.4, 0.5) is 5.69 Å². The van der Waals surface area contributed by atoms with Crippen LogP contribution in [0.2, 0.25) is 10.0 Å². The van der Waals surface area contributed by atoms with Crippen molar-refractivity contribution in [1.29, 1.82) is 0 Å². The fourth-order valence-corrected chi connectivity index (χ4v) is 2.85. The molecule has 0 spiro atoms. The van der Waals surface area contributed by atoms with Gasteiger partial charge in [-0.15, -0.1) is 0 Å². The van der Waals surface area contributed by atoms with E-state index in [-0.39, 0.29) is 21.5 Å². The second-order valence-electron chi connectivity index (χ2n) is 5.73. The molecule has 144 valence electrons. The Morgan fingerprint density at radius 3 is 2.37 bits per heavy atom. The third-order valence-corrected chi connectivity index (χ3v) is 4.82. The number of halogens is 2. The predicted octanol–water partition coefficient (Wildman–Crippen LogP) is 3.79. The summed E-state index contributed by atoms with van der Waals surface area (Å²) in [6.07, 6.45) is 0. The molecule has 8 heteroatoms. The number of likely N-dealkylation sites (N-methyl/N-ethyl adjacent to an activating group) is 1. The first kappa shape index (κ1) is 20.9. The molecule has 0 bridgehead atoms. The standard InChI is InChI=1S/C19H20Cl2N2O4/c1-11(22-18(24)13-6-5-7-14(20)17(13)21)19(25)23(2)12-8-9-15(26-3)16(10-12)27-4/h5-11H,1-4H3,(H,22,24). The summed E-state index contributed by atoms with van der Waals surface area (Å²) < 4.78 is 10.4. The fourth-order valence-electron chi connectivity index (χ4n) is 2.47. The van der Waals surface area contributed by atoms with Crippen LogP contribution in [0.15, 0.2) is 36.4 Å². The Morgan fingerprint density at radius 1 is 1.07 bits per heavy atom. The van der Waals surface area contributed by atoms with Crippen molar-refractivity contribution in [2.45, 2.75) is 13.0 Å². The van der Waals surface area contributed by atoms with E-state index in [1.54, 1.807) is 50.4 Å². The first-order chi connectivity index (χ1) is 12.8. The normalized spacial score (nSPS) is 11.5. The minimum Gasteiger partial charge on any atom is -0.493 e. The number of methoxy groups -OCH3 is 2. The molecule has 1 unspecified atom stereocenters. The predicted molar refractivity (Wildman–Crippen MR) is 106 cm³/mol. The van der Waals surface area contributed by atoms with E-state index in [1.807, 2.05) is 0 Å². The average molecular weight is 411 g/mol. The number of nitrogens with zero attached hydrogens (tertiary/aromatic N) is 1. The third kappa shape index (κ3) is 4.64. The van der Waals surface area contributed by atoms with Crippen molar-refractivity contribution in [1.82, 2.24) is 5.32 Å². The molecule has 0 fully saturated rings. The molecule has 0 saturated heterocycles. The van der Waals surface area contributed by atoms with Crippen molar-refractivity contribution in [2.24, 2.45) is 0 Å². The van der Waals surface area contributed by atoms with E-state index >= 15 is 0 Å². The van der Waals surface area contributed by atoms with E-state index in [4.69, 9.17) is 32.7 Å². The molecule has 0 heterocycles. The zero-order chi connectivity index (χ0) is 20.1. The van der Waals surface area contributed by atoms with Crippen LogP contribution in [0.1, 0.15) is 17.3 Å². The highest BCUT2D eigenvalue weighted by molar-refractivity contribution is 6.43. The van der Waals surface area contributed by atoms with Gasteiger partial charge in [-0.2, -0.15) is 0 Å². The summed E-state index contributed by atoms with van der Waals surface area (Å²) in [4.78, 5) is 26.5. The minimum absolute atomic E-state index is 0.143. The number of amides is 2. The molecule has 0 aliphatic heterocycles. The number of rotatable bonds is 6. The molecule has 2 rings (SSSR count). The lowest BCUT2D eigenvalue weighted by molar-refractivity contribution is -0.119. The van der Waals surface area contributed by atoms with Gasteiger partial charge in [0.15, 0.2) is 11.5 Å². The molecule has 27 heavy (non-hydrogen) atoms. The minimum atomic E-state index is -0.786. The summed E-state index contributed by atoms with van der Waals surface area (Å²) in [5.41, 5.74) is 0.803. The molecular formula is C19H20Cl2N2O4. The molecular weight excluding hydrogens is 391 g/mol. The van der Waals surface area contributed by atoms with E-state index in [2.05, 4.69) is 5.32 Å². The smallest absolute Gasteiger partial charge is 0.253 e. The van der Waals surface area contributed by atoms with Crippen LogP contribution in [0.25, 0.3) is 0 Å². The zero-order valence-corrected chi connectivity index (χ0v) is 16.9. The quantitative estimate of drug-likeness (QED) is 0.786. The van der Waals surface area contributed by atoms with Gasteiger partial charge in [0.05, 0.1) is 29.8 Å². The lowest BCUT2D eigenvalue weighted by Gasteiger charge is -2.23. The highest BCUT2D eigenvalue weighted by Gasteiger charge is 2.23. The summed E-state index contributed by atoms with van der Waals surface area (Å²) in [7, 11) is 4.66. The molecule has 0 aromatic heterocycles. The first-order valence-electron chi connectivity index (χ1n) is 8.04. The molecule has 6 nitrogen and oxygen atoms in total. The SMILES string of the molecule is COc1ccc(N(C)C(=O)C(C)NC(=O)c2cccc(Cl)c2Cl)cc1OC. The summed E-state index contributed by atoms with van der Waals surface area (Å²) in [6.45, 7) is 1.59. The molecule has 1 atom stereocenters. The monoisotopic (exact) mass is 410 g/mol. The van der Waals surface area contributed by atoms with Gasteiger partial charge >= 0.3 is 0 Å². The van der Waals surface area contributed by atoms with Crippen LogP contribution in [0, 0.1) is 0 Å². The third-order valence-electron chi connectivity index (χ3n) is 4.00. The number of nitrogens with one attached hydrogen (secondary N) is 1. The summed E-state index contributed by atoms with van der Waals surface area (Å²) in [5, 5.41) is 3.05. The Bertz CT molecular complexity index is 858. The molecule has 2 amide bonds. The topological polar surface area (TPSA) is 67.9 Å². The van der Waals surface area contributed by atoms with Crippen LogP contribution >= 0.6 is 23.2 Å². The van der Waals surface area contributed by atoms with E-state index in [0.717, 1.165) is 0 Å². The second-order valence-corrected chi connectivity index (χ2v) is 6.52. The molecule has 2 aromatic rings. The van der Waals surface area contributed by atoms with Crippen LogP contribution in [0.3, 0.4) is 0 Å². The maximum absolute atomic E-state index is 12.7. The number of carbonyl (C=O) groups excluding carboxylic acids is 2. The van der Waals surface area contributed by atoms with Gasteiger partial charge in [-0.3, -0.25) is 9.59 Å². The van der Waals surface area contributed by atoms with Crippen molar-refractivity contribution in [3.63, 3.8) is 0 Å². The Kier molecular flexibility index (Phi) is 6.93. The first-order valence-corrected chi connectivity index (χ1v) is 8.80. The lowest BCUT2D eigenvalue weighted by Crippen LogP contribution is -2.45. The van der Waals surface area contributed by atoms with E-state index in [9.17, 15) is 9.59 Å². The largest absolute Gasteiger partial charge is 0.493 e. The zero-order valence-electron chi connectivity index (χ0n) is 15.4. The van der Waals surface area contributed by atoms with Gasteiger partial charge in [-0.25, -0.2) is 0 Å². The van der Waals surface area contributed by atoms with Gasteiger partial charge in [0.2, 0.25) is 5.91 Å². The van der Waals surface area contributed by atoms with Gasteiger partial charge in [0.25, 0.3) is 5.91 Å². The van der Waals surface area contributed by atoms with E-state index in [0.29, 0.717) is 17.2 Å². The Labute approximate surface area is 168 Å². The van der Waals surface area contributed by atoms with Gasteiger partial charge in [0.1, 0.15) is 6.04 Å². The number of hydrogen-bond acceptors (Lipinski definition) is 4. The van der Waals surface area contributed by atoms with Crippen molar-refractivity contribution >= 4 is 40.7 Å². The van der Waals surface area contributed by atoms with Crippen LogP contribution in [0.5, 0.6) is 11.5 Å². The molecule has 2 aromatic carbocycles. The van der Waals surface area contributed by atoms with E-state index < -0.39 is 11.9 Å². The highest BCUT2D eigenvalue weighted by atomic mass is 35.5. The van der Waals surface area contributed by atoms with Crippen molar-refractivity contribution < 1.29 is 19.1 Å². The molecule has 0 radical (unpaired) electrons. The van der Waals surface area contributed by atoms with Gasteiger partial charge in [0, 0.05) is 18.8 Å². The van der Waals surface area contributed by atoms with Gasteiger partial charge < -0.3 is 19.7 Å². The number of carbonyl (C=O) groups is 2. The number of anilines is 1. The van der Waals surface area contributed by atoms with Crippen molar-refractivity contribution in [3.8, 4) is 11.5 Å². The Hall–Kier alpha value is -2.44. The molecule has 0 saturated carbocycles. The number of benzene rings is 2. The summed E-state index contributed by atoms with van der Waals surface area (Å²) in [6, 6.07) is 9.06. The van der Waals surface area contributed by atoms with Crippen LogP contribution < -0.4 is 19.7 Å². The highest BCUT2D eigenvalue weighted by Crippen LogP contribution is 2.31. The maximum Gasteiger partial charge on any atom is 0.253 e. The Morgan fingerprint density at radius 2 is 1.74 bits per heavy atom. The number of ether oxygens (including phenoxy) is 2.